The molecule has 0 aliphatic heterocycles. The van der Waals surface area contributed by atoms with Gasteiger partial charge in [-0.15, -0.1) is 0 Å². The number of benzene rings is 2. The number of sulfonamides is 1. The van der Waals surface area contributed by atoms with Crippen LogP contribution in [0.4, 0.5) is 18.9 Å². The van der Waals surface area contributed by atoms with Gasteiger partial charge in [0.05, 0.1) is 10.6 Å². The zero-order valence-electron chi connectivity index (χ0n) is 13.2. The van der Waals surface area contributed by atoms with Gasteiger partial charge in [0.25, 0.3) is 10.0 Å². The first kappa shape index (κ1) is 19.5. The van der Waals surface area contributed by atoms with E-state index in [0.29, 0.717) is 5.69 Å². The van der Waals surface area contributed by atoms with Gasteiger partial charge in [-0.05, 0) is 48.5 Å². The van der Waals surface area contributed by atoms with Gasteiger partial charge in [0.1, 0.15) is 0 Å². The largest absolute Gasteiger partial charge is 0.435 e. The summed E-state index contributed by atoms with van der Waals surface area (Å²) >= 11 is 11.6. The van der Waals surface area contributed by atoms with E-state index in [1.165, 1.54) is 42.5 Å². The molecule has 1 aromatic heterocycles. The van der Waals surface area contributed by atoms with E-state index in [1.807, 2.05) is 0 Å². The molecule has 0 unspecified atom stereocenters. The maximum Gasteiger partial charge on any atom is 0.435 e. The van der Waals surface area contributed by atoms with Gasteiger partial charge in [0.15, 0.2) is 5.69 Å². The third-order valence-electron chi connectivity index (χ3n) is 3.41. The lowest BCUT2D eigenvalue weighted by Crippen LogP contribution is -2.13. The molecule has 0 radical (unpaired) electrons. The fraction of sp³-hybridized carbons (Fsp3) is 0.0625. The van der Waals surface area contributed by atoms with Gasteiger partial charge in [0.2, 0.25) is 0 Å². The first-order valence-corrected chi connectivity index (χ1v) is 9.51. The molecule has 142 valence electrons. The van der Waals surface area contributed by atoms with Crippen LogP contribution in [-0.4, -0.2) is 18.2 Å². The van der Waals surface area contributed by atoms with E-state index < -0.39 is 21.9 Å². The van der Waals surface area contributed by atoms with Crippen LogP contribution in [0.3, 0.4) is 0 Å². The first-order chi connectivity index (χ1) is 12.5. The van der Waals surface area contributed by atoms with Gasteiger partial charge in [-0.3, -0.25) is 4.72 Å². The molecule has 0 aliphatic carbocycles. The van der Waals surface area contributed by atoms with E-state index in [2.05, 4.69) is 9.82 Å². The number of alkyl halides is 3. The summed E-state index contributed by atoms with van der Waals surface area (Å²) < 4.78 is 66.0. The normalized spacial score (nSPS) is 12.2. The maximum atomic E-state index is 12.6. The summed E-state index contributed by atoms with van der Waals surface area (Å²) in [6.45, 7) is 0. The van der Waals surface area contributed by atoms with Gasteiger partial charge >= 0.3 is 6.18 Å². The summed E-state index contributed by atoms with van der Waals surface area (Å²) in [7, 11) is -3.94. The van der Waals surface area contributed by atoms with Crippen LogP contribution in [0.1, 0.15) is 5.69 Å². The van der Waals surface area contributed by atoms with Crippen molar-refractivity contribution in [2.45, 2.75) is 11.1 Å². The van der Waals surface area contributed by atoms with Crippen LogP contribution >= 0.6 is 23.2 Å². The van der Waals surface area contributed by atoms with E-state index in [4.69, 9.17) is 23.2 Å². The number of nitrogens with zero attached hydrogens (tertiary/aromatic N) is 2. The molecule has 5 nitrogen and oxygen atoms in total. The third kappa shape index (κ3) is 4.55. The molecule has 0 saturated heterocycles. The second-order valence-electron chi connectivity index (χ2n) is 5.40. The third-order valence-corrected chi connectivity index (χ3v) is 5.21. The summed E-state index contributed by atoms with van der Waals surface area (Å²) in [5, 5.41) is 3.78. The fourth-order valence-electron chi connectivity index (χ4n) is 2.20. The topological polar surface area (TPSA) is 64.0 Å². The molecule has 0 atom stereocenters. The van der Waals surface area contributed by atoms with Gasteiger partial charge in [-0.1, -0.05) is 23.2 Å². The highest BCUT2D eigenvalue weighted by Crippen LogP contribution is 2.28. The van der Waals surface area contributed by atoms with Crippen LogP contribution in [-0.2, 0) is 16.2 Å². The Morgan fingerprint density at radius 1 is 0.963 bits per heavy atom. The lowest BCUT2D eigenvalue weighted by molar-refractivity contribution is -0.141. The van der Waals surface area contributed by atoms with E-state index >= 15 is 0 Å². The molecule has 0 saturated carbocycles. The molecule has 1 heterocycles. The van der Waals surface area contributed by atoms with E-state index in [1.54, 1.807) is 0 Å². The highest BCUT2D eigenvalue weighted by atomic mass is 35.5. The molecule has 1 N–H and O–H groups in total. The summed E-state index contributed by atoms with van der Waals surface area (Å²) in [5.41, 5.74) is -0.484. The minimum atomic E-state index is -4.54. The van der Waals surface area contributed by atoms with Crippen LogP contribution in [0.15, 0.2) is 59.6 Å². The van der Waals surface area contributed by atoms with Crippen LogP contribution in [0, 0.1) is 0 Å². The molecule has 3 aromatic rings. The van der Waals surface area contributed by atoms with Crippen molar-refractivity contribution in [3.05, 3.63) is 70.5 Å². The molecule has 27 heavy (non-hydrogen) atoms. The Labute approximate surface area is 162 Å². The molecule has 0 aliphatic rings. The molecule has 2 aromatic carbocycles. The Morgan fingerprint density at radius 3 is 2.07 bits per heavy atom. The summed E-state index contributed by atoms with van der Waals surface area (Å²) in [6.07, 6.45) is -3.38. The van der Waals surface area contributed by atoms with E-state index in [0.717, 1.165) is 16.9 Å². The number of nitrogens with one attached hydrogen (secondary N) is 1. The quantitative estimate of drug-likeness (QED) is 0.626. The van der Waals surface area contributed by atoms with E-state index in [9.17, 15) is 21.6 Å². The molecule has 0 amide bonds. The second kappa shape index (κ2) is 7.06. The average molecular weight is 436 g/mol. The Balaban J connectivity index is 1.82. The summed E-state index contributed by atoms with van der Waals surface area (Å²) in [6, 6.07) is 10.4. The first-order valence-electron chi connectivity index (χ1n) is 7.27. The van der Waals surface area contributed by atoms with Gasteiger partial charge < -0.3 is 0 Å². The van der Waals surface area contributed by atoms with Crippen molar-refractivity contribution in [1.29, 1.82) is 0 Å². The number of anilines is 1. The number of halogens is 5. The Hall–Kier alpha value is -2.23. The van der Waals surface area contributed by atoms with Crippen molar-refractivity contribution in [3.63, 3.8) is 0 Å². The highest BCUT2D eigenvalue weighted by Gasteiger charge is 2.33. The van der Waals surface area contributed by atoms with Crippen molar-refractivity contribution in [2.75, 3.05) is 4.72 Å². The fourth-order valence-corrected chi connectivity index (χ4v) is 3.98. The molecule has 0 spiro atoms. The smallest absolute Gasteiger partial charge is 0.280 e. The van der Waals surface area contributed by atoms with Gasteiger partial charge in [-0.25, -0.2) is 13.1 Å². The van der Waals surface area contributed by atoms with Crippen LogP contribution < -0.4 is 4.72 Å². The second-order valence-corrected chi connectivity index (χ2v) is 7.96. The minimum Gasteiger partial charge on any atom is -0.280 e. The Morgan fingerprint density at radius 2 is 1.56 bits per heavy atom. The van der Waals surface area contributed by atoms with Crippen molar-refractivity contribution >= 4 is 38.9 Å². The number of hydrogen-bond acceptors (Lipinski definition) is 3. The zero-order valence-corrected chi connectivity index (χ0v) is 15.5. The van der Waals surface area contributed by atoms with E-state index in [-0.39, 0.29) is 20.6 Å². The number of aromatic nitrogens is 2. The highest BCUT2D eigenvalue weighted by molar-refractivity contribution is 7.92. The van der Waals surface area contributed by atoms with Crippen molar-refractivity contribution in [3.8, 4) is 5.69 Å². The summed E-state index contributed by atoms with van der Waals surface area (Å²) in [4.78, 5) is -0.119. The van der Waals surface area contributed by atoms with Crippen LogP contribution in [0.2, 0.25) is 10.0 Å². The lowest BCUT2D eigenvalue weighted by atomic mass is 10.3. The predicted molar refractivity (Wildman–Crippen MR) is 95.8 cm³/mol. The SMILES string of the molecule is O=S(=O)(Nc1ccc(-n2ccc(C(F)(F)F)n2)cc1)c1cc(Cl)cc(Cl)c1. The van der Waals surface area contributed by atoms with Crippen LogP contribution in [0.5, 0.6) is 0 Å². The number of rotatable bonds is 4. The standard InChI is InChI=1S/C16H10Cl2F3N3O2S/c17-10-7-11(18)9-14(8-10)27(25,26)23-12-1-3-13(4-2-12)24-6-5-15(22-24)16(19,20)21/h1-9,23H. The average Bonchev–Trinajstić information content (AvgIpc) is 3.04. The molecule has 0 bridgehead atoms. The Kier molecular flexibility index (Phi) is 5.11. The van der Waals surface area contributed by atoms with Crippen molar-refractivity contribution in [2.24, 2.45) is 0 Å². The zero-order chi connectivity index (χ0) is 19.8. The molecular formula is C16H10Cl2F3N3O2S. The predicted octanol–water partition coefficient (Wildman–Crippen LogP) is 5.00. The number of hydrogen-bond donors (Lipinski definition) is 1. The summed E-state index contributed by atoms with van der Waals surface area (Å²) in [5.74, 6) is 0. The van der Waals surface area contributed by atoms with Gasteiger partial charge in [0, 0.05) is 21.9 Å². The molecule has 3 rings (SSSR count). The molecular weight excluding hydrogens is 426 g/mol. The minimum absolute atomic E-state index is 0.119. The molecule has 0 fully saturated rings. The Bertz CT molecular complexity index is 1060. The van der Waals surface area contributed by atoms with Crippen molar-refractivity contribution < 1.29 is 21.6 Å². The molecule has 11 heteroatoms. The van der Waals surface area contributed by atoms with Gasteiger partial charge in [-0.2, -0.15) is 18.3 Å². The van der Waals surface area contributed by atoms with Crippen LogP contribution in [0.25, 0.3) is 5.69 Å². The lowest BCUT2D eigenvalue weighted by Gasteiger charge is -2.10. The monoisotopic (exact) mass is 435 g/mol. The maximum absolute atomic E-state index is 12.6. The van der Waals surface area contributed by atoms with Crippen molar-refractivity contribution in [1.82, 2.24) is 9.78 Å².